The van der Waals surface area contributed by atoms with Gasteiger partial charge in [-0.1, -0.05) is 50.0 Å². The number of imidazole rings is 1. The van der Waals surface area contributed by atoms with E-state index in [-0.39, 0.29) is 56.3 Å². The van der Waals surface area contributed by atoms with Gasteiger partial charge >= 0.3 is 6.18 Å². The number of likely N-dealkylation sites (N-methyl/N-ethyl adjacent to an activating group) is 1. The molecule has 2 amide bonds. The van der Waals surface area contributed by atoms with Gasteiger partial charge in [0.25, 0.3) is 5.91 Å². The van der Waals surface area contributed by atoms with Crippen molar-refractivity contribution in [3.63, 3.8) is 0 Å². The molecule has 0 aliphatic heterocycles. The van der Waals surface area contributed by atoms with E-state index >= 15 is 0 Å². The maximum Gasteiger partial charge on any atom is 0.391 e. The lowest BCUT2D eigenvalue weighted by molar-refractivity contribution is -0.182. The van der Waals surface area contributed by atoms with Gasteiger partial charge in [0.2, 0.25) is 11.9 Å². The van der Waals surface area contributed by atoms with E-state index in [1.807, 2.05) is 20.8 Å². The van der Waals surface area contributed by atoms with Crippen molar-refractivity contribution >= 4 is 63.4 Å². The molecule has 3 aromatic rings. The zero-order valence-electron chi connectivity index (χ0n) is 26.8. The highest BCUT2D eigenvalue weighted by atomic mass is 35.5. The number of amides is 2. The molecule has 9 nitrogen and oxygen atoms in total. The van der Waals surface area contributed by atoms with Crippen LogP contribution >= 0.6 is 23.2 Å². The molecule has 252 valence electrons. The Morgan fingerprint density at radius 2 is 1.78 bits per heavy atom. The van der Waals surface area contributed by atoms with Crippen molar-refractivity contribution in [1.82, 2.24) is 20.2 Å². The molecule has 0 bridgehead atoms. The molecule has 1 aromatic heterocycles. The van der Waals surface area contributed by atoms with E-state index in [1.165, 1.54) is 0 Å². The van der Waals surface area contributed by atoms with E-state index in [1.54, 1.807) is 54.8 Å². The lowest BCUT2D eigenvalue weighted by atomic mass is 9.85. The van der Waals surface area contributed by atoms with Crippen molar-refractivity contribution in [2.24, 2.45) is 18.4 Å². The number of halogens is 5. The first-order valence-corrected chi connectivity index (χ1v) is 15.9. The summed E-state index contributed by atoms with van der Waals surface area (Å²) in [5.74, 6) is -1.54. The Balaban J connectivity index is 1.64. The van der Waals surface area contributed by atoms with Crippen LogP contribution in [0.2, 0.25) is 10.0 Å². The van der Waals surface area contributed by atoms with Crippen LogP contribution in [-0.4, -0.2) is 58.4 Å². The van der Waals surface area contributed by atoms with Crippen LogP contribution < -0.4 is 20.9 Å². The highest BCUT2D eigenvalue weighted by Gasteiger charge is 2.41. The average molecular weight is 686 g/mol. The molecule has 1 aliphatic rings. The van der Waals surface area contributed by atoms with Crippen LogP contribution in [0.3, 0.4) is 0 Å². The van der Waals surface area contributed by atoms with Gasteiger partial charge in [-0.25, -0.2) is 4.98 Å². The minimum atomic E-state index is -4.24. The summed E-state index contributed by atoms with van der Waals surface area (Å²) < 4.78 is 41.3. The topological polar surface area (TPSA) is 112 Å². The minimum Gasteiger partial charge on any atom is -0.392 e. The zero-order chi connectivity index (χ0) is 34.1. The Morgan fingerprint density at radius 1 is 1.13 bits per heavy atom. The van der Waals surface area contributed by atoms with E-state index in [2.05, 4.69) is 16.0 Å². The number of carbonyl (C=O) groups is 2. The van der Waals surface area contributed by atoms with Gasteiger partial charge in [0.05, 0.1) is 50.0 Å². The van der Waals surface area contributed by atoms with Crippen LogP contribution in [0.5, 0.6) is 0 Å². The Bertz CT molecular complexity index is 1590. The first kappa shape index (κ1) is 35.6. The lowest BCUT2D eigenvalue weighted by Crippen LogP contribution is -2.40. The van der Waals surface area contributed by atoms with Crippen LogP contribution in [0, 0.1) is 11.3 Å². The Morgan fingerprint density at radius 3 is 2.37 bits per heavy atom. The number of fused-ring (bicyclic) bond motifs is 1. The Hall–Kier alpha value is -3.22. The molecule has 1 unspecified atom stereocenters. The van der Waals surface area contributed by atoms with E-state index in [0.717, 1.165) is 0 Å². The number of aromatic nitrogens is 2. The van der Waals surface area contributed by atoms with Gasteiger partial charge in [-0.2, -0.15) is 13.2 Å². The van der Waals surface area contributed by atoms with E-state index < -0.39 is 29.5 Å². The number of nitrogens with zero attached hydrogens (tertiary/aromatic N) is 3. The summed E-state index contributed by atoms with van der Waals surface area (Å²) in [6, 6.07) is 6.44. The van der Waals surface area contributed by atoms with Gasteiger partial charge in [-0.15, -0.1) is 0 Å². The van der Waals surface area contributed by atoms with Gasteiger partial charge in [0.15, 0.2) is 0 Å². The van der Waals surface area contributed by atoms with Gasteiger partial charge in [0, 0.05) is 38.6 Å². The number of anilines is 3. The molecular weight excluding hydrogens is 644 g/mol. The monoisotopic (exact) mass is 684 g/mol. The molecular formula is C32H41Cl2F3N6O3. The zero-order valence-corrected chi connectivity index (χ0v) is 28.3. The molecule has 1 aliphatic carbocycles. The second kappa shape index (κ2) is 13.9. The largest absolute Gasteiger partial charge is 0.392 e. The standard InChI is InChI=1S/C32H41Cl2F3N6O3/c1-17(44)16-42(5)24-14-25-23(13-21(24)28(45)39-20-10-8-19(9-11-20)32(35,36)37)40-30(43(25)6)41-27-22(33)12-7-18(26(27)34)15-38-29(46)31(2,3)4/h7,12-14,17,19-20,44H,8-11,15-16H2,1-6H3,(H,38,46)(H,39,45)(H,40,41)/t17?,19-,20-. The van der Waals surface area contributed by atoms with Crippen molar-refractivity contribution in [3.05, 3.63) is 45.4 Å². The first-order chi connectivity index (χ1) is 21.4. The van der Waals surface area contributed by atoms with Gasteiger partial charge in [0.1, 0.15) is 0 Å². The van der Waals surface area contributed by atoms with Crippen molar-refractivity contribution in [3.8, 4) is 0 Å². The molecule has 0 saturated heterocycles. The number of rotatable bonds is 9. The highest BCUT2D eigenvalue weighted by Crippen LogP contribution is 2.39. The summed E-state index contributed by atoms with van der Waals surface area (Å²) in [7, 11) is 3.53. The molecule has 0 spiro atoms. The van der Waals surface area contributed by atoms with Gasteiger partial charge in [-0.3, -0.25) is 9.59 Å². The Labute approximate surface area is 276 Å². The fourth-order valence-electron chi connectivity index (χ4n) is 5.56. The summed E-state index contributed by atoms with van der Waals surface area (Å²) >= 11 is 13.3. The number of carbonyl (C=O) groups excluding carboxylic acids is 2. The molecule has 4 N–H and O–H groups in total. The normalized spacial score (nSPS) is 17.9. The molecule has 1 heterocycles. The molecule has 2 aromatic carbocycles. The third-order valence-corrected chi connectivity index (χ3v) is 8.99. The minimum absolute atomic E-state index is 0.0349. The number of aryl methyl sites for hydroxylation is 1. The van der Waals surface area contributed by atoms with E-state index in [4.69, 9.17) is 28.2 Å². The van der Waals surface area contributed by atoms with Crippen LogP contribution in [-0.2, 0) is 18.4 Å². The van der Waals surface area contributed by atoms with Crippen LogP contribution in [0.25, 0.3) is 11.0 Å². The van der Waals surface area contributed by atoms with Crippen molar-refractivity contribution in [2.45, 2.75) is 78.2 Å². The number of nitrogens with one attached hydrogen (secondary N) is 3. The lowest BCUT2D eigenvalue weighted by Gasteiger charge is -2.31. The summed E-state index contributed by atoms with van der Waals surface area (Å²) in [6.45, 7) is 7.51. The summed E-state index contributed by atoms with van der Waals surface area (Å²) in [5.41, 5.74) is 2.42. The fourth-order valence-corrected chi connectivity index (χ4v) is 6.09. The maximum atomic E-state index is 13.6. The number of hydrogen-bond donors (Lipinski definition) is 4. The average Bonchev–Trinajstić information content (AvgIpc) is 3.26. The van der Waals surface area contributed by atoms with Crippen molar-refractivity contribution < 1.29 is 27.9 Å². The van der Waals surface area contributed by atoms with Crippen LogP contribution in [0.4, 0.5) is 30.5 Å². The van der Waals surface area contributed by atoms with Crippen LogP contribution in [0.15, 0.2) is 24.3 Å². The molecule has 1 fully saturated rings. The molecule has 14 heteroatoms. The fraction of sp³-hybridized carbons (Fsp3) is 0.531. The SMILES string of the molecule is CC(O)CN(C)c1cc2c(cc1C(=O)N[C@H]1CC[C@H](C(F)(F)F)CC1)nc(Nc1c(Cl)ccc(CNC(=O)C(C)(C)C)c1Cl)n2C. The smallest absolute Gasteiger partial charge is 0.391 e. The number of aliphatic hydroxyl groups excluding tert-OH is 1. The third kappa shape index (κ3) is 8.19. The quantitative estimate of drug-likeness (QED) is 0.194. The predicted molar refractivity (Wildman–Crippen MR) is 176 cm³/mol. The first-order valence-electron chi connectivity index (χ1n) is 15.2. The predicted octanol–water partition coefficient (Wildman–Crippen LogP) is 6.95. The number of benzene rings is 2. The van der Waals surface area contributed by atoms with Crippen molar-refractivity contribution in [1.29, 1.82) is 0 Å². The molecule has 1 atom stereocenters. The molecule has 1 saturated carbocycles. The van der Waals surface area contributed by atoms with Crippen LogP contribution in [0.1, 0.15) is 69.3 Å². The van der Waals surface area contributed by atoms with E-state index in [9.17, 15) is 27.9 Å². The maximum absolute atomic E-state index is 13.6. The summed E-state index contributed by atoms with van der Waals surface area (Å²) in [4.78, 5) is 32.5. The highest BCUT2D eigenvalue weighted by molar-refractivity contribution is 6.39. The van der Waals surface area contributed by atoms with Crippen molar-refractivity contribution in [2.75, 3.05) is 23.8 Å². The van der Waals surface area contributed by atoms with Gasteiger partial charge in [-0.05, 0) is 56.4 Å². The molecule has 4 rings (SSSR count). The Kier molecular flexibility index (Phi) is 10.7. The van der Waals surface area contributed by atoms with Gasteiger partial charge < -0.3 is 30.5 Å². The molecule has 46 heavy (non-hydrogen) atoms. The summed E-state index contributed by atoms with van der Waals surface area (Å²) in [5, 5.41) is 19.7. The number of hydrogen-bond acceptors (Lipinski definition) is 6. The number of alkyl halides is 3. The third-order valence-electron chi connectivity index (χ3n) is 8.25. The number of aliphatic hydroxyl groups is 1. The van der Waals surface area contributed by atoms with E-state index in [0.29, 0.717) is 44.0 Å². The second-order valence-corrected chi connectivity index (χ2v) is 13.9. The molecule has 0 radical (unpaired) electrons. The summed E-state index contributed by atoms with van der Waals surface area (Å²) in [6.07, 6.45) is -4.54. The second-order valence-electron chi connectivity index (χ2n) is 13.1.